The highest BCUT2D eigenvalue weighted by Gasteiger charge is 2.15. The summed E-state index contributed by atoms with van der Waals surface area (Å²) in [5.41, 5.74) is 0.955. The molecule has 1 aromatic heterocycles. The van der Waals surface area contributed by atoms with E-state index in [0.29, 0.717) is 19.6 Å². The molecule has 0 aliphatic heterocycles. The average molecular weight is 331 g/mol. The third-order valence-corrected chi connectivity index (χ3v) is 3.46. The average Bonchev–Trinajstić information content (AvgIpc) is 2.95. The Morgan fingerprint density at radius 3 is 2.62 bits per heavy atom. The summed E-state index contributed by atoms with van der Waals surface area (Å²) in [4.78, 5) is 2.02. The summed E-state index contributed by atoms with van der Waals surface area (Å²) in [6.07, 6.45) is 4.45. The van der Waals surface area contributed by atoms with Crippen molar-refractivity contribution in [2.24, 2.45) is 0 Å². The van der Waals surface area contributed by atoms with Gasteiger partial charge in [-0.25, -0.2) is 4.39 Å². The van der Waals surface area contributed by atoms with Gasteiger partial charge in [0.2, 0.25) is 0 Å². The van der Waals surface area contributed by atoms with Crippen molar-refractivity contribution in [3.63, 3.8) is 0 Å². The minimum Gasteiger partial charge on any atom is -0.465 e. The van der Waals surface area contributed by atoms with Crippen molar-refractivity contribution >= 4 is 0 Å². The molecule has 1 unspecified atom stereocenters. The van der Waals surface area contributed by atoms with Gasteiger partial charge in [-0.3, -0.25) is 4.90 Å². The number of ether oxygens (including phenoxy) is 1. The van der Waals surface area contributed by atoms with E-state index >= 15 is 0 Å². The van der Waals surface area contributed by atoms with E-state index in [4.69, 9.17) is 15.6 Å². The van der Waals surface area contributed by atoms with Crippen LogP contribution in [0.15, 0.2) is 40.8 Å². The molecule has 0 fully saturated rings. The molecule has 0 saturated carbocycles. The maximum atomic E-state index is 13.1. The van der Waals surface area contributed by atoms with E-state index in [2.05, 4.69) is 5.92 Å². The number of rotatable bonds is 9. The molecule has 24 heavy (non-hydrogen) atoms. The van der Waals surface area contributed by atoms with E-state index < -0.39 is 6.10 Å². The maximum Gasteiger partial charge on any atom is 0.123 e. The van der Waals surface area contributed by atoms with Crippen molar-refractivity contribution < 1.29 is 18.7 Å². The lowest BCUT2D eigenvalue weighted by molar-refractivity contribution is 0.0229. The van der Waals surface area contributed by atoms with Crippen molar-refractivity contribution in [1.29, 1.82) is 0 Å². The molecule has 1 N–H and O–H groups in total. The molecule has 0 amide bonds. The van der Waals surface area contributed by atoms with Crippen LogP contribution in [0.4, 0.5) is 4.39 Å². The molecule has 5 heteroatoms. The van der Waals surface area contributed by atoms with Crippen LogP contribution >= 0.6 is 0 Å². The van der Waals surface area contributed by atoms with Gasteiger partial charge < -0.3 is 14.3 Å². The van der Waals surface area contributed by atoms with Crippen LogP contribution < -0.4 is 0 Å². The first-order valence-corrected chi connectivity index (χ1v) is 7.78. The van der Waals surface area contributed by atoms with Crippen LogP contribution in [-0.4, -0.2) is 35.9 Å². The van der Waals surface area contributed by atoms with E-state index in [0.717, 1.165) is 17.1 Å². The van der Waals surface area contributed by atoms with Gasteiger partial charge in [0.05, 0.1) is 19.3 Å². The minimum absolute atomic E-state index is 0.168. The quantitative estimate of drug-likeness (QED) is 0.567. The molecule has 1 aromatic carbocycles. The number of aryl methyl sites for hydroxylation is 1. The second kappa shape index (κ2) is 9.24. The summed E-state index contributed by atoms with van der Waals surface area (Å²) in [6.45, 7) is 3.72. The lowest BCUT2D eigenvalue weighted by atomic mass is 10.2. The highest BCUT2D eigenvalue weighted by molar-refractivity contribution is 5.16. The van der Waals surface area contributed by atoms with Crippen LogP contribution in [0.2, 0.25) is 0 Å². The van der Waals surface area contributed by atoms with E-state index in [1.54, 1.807) is 12.1 Å². The van der Waals surface area contributed by atoms with E-state index in [1.807, 2.05) is 24.0 Å². The number of nitrogens with zero attached hydrogens (tertiary/aromatic N) is 1. The van der Waals surface area contributed by atoms with Crippen molar-refractivity contribution in [1.82, 2.24) is 4.90 Å². The molecule has 0 spiro atoms. The molecule has 2 aromatic rings. The molecule has 128 valence electrons. The molecule has 1 atom stereocenters. The zero-order valence-electron chi connectivity index (χ0n) is 13.7. The molecule has 2 rings (SSSR count). The van der Waals surface area contributed by atoms with Crippen molar-refractivity contribution in [2.45, 2.75) is 26.1 Å². The Bertz CT molecular complexity index is 660. The molecule has 4 nitrogen and oxygen atoms in total. The predicted octanol–water partition coefficient (Wildman–Crippen LogP) is 2.74. The largest absolute Gasteiger partial charge is 0.465 e. The van der Waals surface area contributed by atoms with Crippen LogP contribution in [0.1, 0.15) is 17.1 Å². The van der Waals surface area contributed by atoms with Gasteiger partial charge in [0, 0.05) is 13.1 Å². The van der Waals surface area contributed by atoms with Gasteiger partial charge in [-0.2, -0.15) is 0 Å². The Labute approximate surface area is 141 Å². The summed E-state index contributed by atoms with van der Waals surface area (Å²) >= 11 is 0. The fourth-order valence-corrected chi connectivity index (χ4v) is 2.43. The molecule has 0 radical (unpaired) electrons. The zero-order chi connectivity index (χ0) is 17.4. The summed E-state index contributed by atoms with van der Waals surface area (Å²) in [5, 5.41) is 10.1. The third kappa shape index (κ3) is 6.17. The van der Waals surface area contributed by atoms with Crippen LogP contribution in [0.25, 0.3) is 0 Å². The number of halogens is 1. The zero-order valence-corrected chi connectivity index (χ0v) is 13.7. The van der Waals surface area contributed by atoms with Crippen molar-refractivity contribution in [3.05, 3.63) is 59.3 Å². The fraction of sp³-hybridized carbons (Fsp3) is 0.368. The number of furan rings is 1. The minimum atomic E-state index is -0.671. The van der Waals surface area contributed by atoms with Gasteiger partial charge in [0.1, 0.15) is 23.9 Å². The molecule has 0 aliphatic rings. The Morgan fingerprint density at radius 2 is 2.00 bits per heavy atom. The molecule has 0 bridgehead atoms. The number of hydrogen-bond donors (Lipinski definition) is 1. The van der Waals surface area contributed by atoms with Gasteiger partial charge in [-0.1, -0.05) is 18.1 Å². The van der Waals surface area contributed by atoms with Gasteiger partial charge in [-0.05, 0) is 36.8 Å². The van der Waals surface area contributed by atoms with Gasteiger partial charge in [-0.15, -0.1) is 6.42 Å². The third-order valence-electron chi connectivity index (χ3n) is 3.46. The summed E-state index contributed by atoms with van der Waals surface area (Å²) in [6, 6.07) is 10.1. The summed E-state index contributed by atoms with van der Waals surface area (Å²) < 4.78 is 23.8. The van der Waals surface area contributed by atoms with Gasteiger partial charge in [0.25, 0.3) is 0 Å². The van der Waals surface area contributed by atoms with Gasteiger partial charge in [0.15, 0.2) is 0 Å². The van der Waals surface area contributed by atoms with E-state index in [1.165, 1.54) is 12.1 Å². The Balaban J connectivity index is 1.99. The Morgan fingerprint density at radius 1 is 1.25 bits per heavy atom. The first-order chi connectivity index (χ1) is 11.6. The molecule has 0 aliphatic carbocycles. The topological polar surface area (TPSA) is 45.8 Å². The number of benzene rings is 1. The highest BCUT2D eigenvalue weighted by Crippen LogP contribution is 2.14. The number of aliphatic hydroxyl groups is 1. The van der Waals surface area contributed by atoms with Crippen LogP contribution in [0.5, 0.6) is 0 Å². The maximum absolute atomic E-state index is 13.1. The molecular formula is C19H22FNO3. The number of aliphatic hydroxyl groups excluding tert-OH is 1. The smallest absolute Gasteiger partial charge is 0.123 e. The Kier molecular flexibility index (Phi) is 7.01. The van der Waals surface area contributed by atoms with Crippen molar-refractivity contribution in [2.75, 3.05) is 19.8 Å². The second-order valence-corrected chi connectivity index (χ2v) is 5.68. The van der Waals surface area contributed by atoms with Crippen LogP contribution in [0.3, 0.4) is 0 Å². The van der Waals surface area contributed by atoms with E-state index in [9.17, 15) is 9.50 Å². The highest BCUT2D eigenvalue weighted by atomic mass is 19.1. The summed E-state index contributed by atoms with van der Waals surface area (Å²) in [5.74, 6) is 3.75. The SMILES string of the molecule is C#CCOCC(O)CN(Cc1ccc(F)cc1)Cc1ccc(C)o1. The first kappa shape index (κ1) is 18.2. The van der Waals surface area contributed by atoms with E-state index in [-0.39, 0.29) is 19.0 Å². The first-order valence-electron chi connectivity index (χ1n) is 7.78. The van der Waals surface area contributed by atoms with Crippen molar-refractivity contribution in [3.8, 4) is 12.3 Å². The standard InChI is InChI=1S/C19H22FNO3/c1-3-10-23-14-18(22)12-21(13-19-9-4-15(2)24-19)11-16-5-7-17(20)8-6-16/h1,4-9,18,22H,10-14H2,2H3. The number of terminal acetylenes is 1. The number of hydrogen-bond acceptors (Lipinski definition) is 4. The lowest BCUT2D eigenvalue weighted by Crippen LogP contribution is -2.34. The lowest BCUT2D eigenvalue weighted by Gasteiger charge is -2.24. The fourth-order valence-electron chi connectivity index (χ4n) is 2.43. The molecular weight excluding hydrogens is 309 g/mol. The summed E-state index contributed by atoms with van der Waals surface area (Å²) in [7, 11) is 0. The second-order valence-electron chi connectivity index (χ2n) is 5.68. The van der Waals surface area contributed by atoms with Crippen LogP contribution in [0, 0.1) is 25.1 Å². The monoisotopic (exact) mass is 331 g/mol. The van der Waals surface area contributed by atoms with Gasteiger partial charge >= 0.3 is 0 Å². The van der Waals surface area contributed by atoms with Crippen LogP contribution in [-0.2, 0) is 17.8 Å². The normalized spacial score (nSPS) is 12.3. The molecule has 0 saturated heterocycles. The Hall–Kier alpha value is -2.13. The molecule has 1 heterocycles. The predicted molar refractivity (Wildman–Crippen MR) is 89.6 cm³/mol.